The fourth-order valence-corrected chi connectivity index (χ4v) is 2.80. The van der Waals surface area contributed by atoms with Gasteiger partial charge in [0, 0.05) is 37.2 Å². The highest BCUT2D eigenvalue weighted by Gasteiger charge is 2.13. The third-order valence-corrected chi connectivity index (χ3v) is 3.97. The summed E-state index contributed by atoms with van der Waals surface area (Å²) < 4.78 is 1.48. The molecule has 112 valence electrons. The van der Waals surface area contributed by atoms with Crippen molar-refractivity contribution in [1.82, 2.24) is 24.6 Å². The summed E-state index contributed by atoms with van der Waals surface area (Å²) in [6.45, 7) is 2.12. The number of rotatable bonds is 2. The number of nitrogens with zero attached hydrogens (tertiary/aromatic N) is 5. The Bertz CT molecular complexity index is 844. The van der Waals surface area contributed by atoms with Crippen molar-refractivity contribution < 1.29 is 0 Å². The lowest BCUT2D eigenvalue weighted by molar-refractivity contribution is 0.573. The van der Waals surface area contributed by atoms with Crippen LogP contribution in [-0.2, 0) is 0 Å². The van der Waals surface area contributed by atoms with Crippen molar-refractivity contribution in [1.29, 1.82) is 0 Å². The smallest absolute Gasteiger partial charge is 0.294 e. The van der Waals surface area contributed by atoms with Crippen LogP contribution in [0.2, 0.25) is 0 Å². The number of anilines is 1. The third-order valence-electron chi connectivity index (χ3n) is 3.97. The summed E-state index contributed by atoms with van der Waals surface area (Å²) in [6.07, 6.45) is 8.70. The monoisotopic (exact) mass is 296 g/mol. The van der Waals surface area contributed by atoms with Gasteiger partial charge >= 0.3 is 0 Å². The molecule has 7 heteroatoms. The van der Waals surface area contributed by atoms with Gasteiger partial charge < -0.3 is 9.88 Å². The van der Waals surface area contributed by atoms with E-state index in [0.29, 0.717) is 11.5 Å². The molecule has 3 aromatic heterocycles. The summed E-state index contributed by atoms with van der Waals surface area (Å²) in [7, 11) is 0. The van der Waals surface area contributed by atoms with Crippen molar-refractivity contribution in [3.8, 4) is 11.4 Å². The topological polar surface area (TPSA) is 79.2 Å². The van der Waals surface area contributed by atoms with Crippen molar-refractivity contribution >= 4 is 11.5 Å². The first kappa shape index (κ1) is 13.0. The van der Waals surface area contributed by atoms with Crippen LogP contribution in [0.5, 0.6) is 0 Å². The predicted octanol–water partition coefficient (Wildman–Crippen LogP) is 1.47. The number of imidazole rings is 1. The van der Waals surface area contributed by atoms with E-state index in [-0.39, 0.29) is 5.56 Å². The van der Waals surface area contributed by atoms with Crippen molar-refractivity contribution in [2.75, 3.05) is 18.0 Å². The molecule has 0 saturated carbocycles. The quantitative estimate of drug-likeness (QED) is 0.774. The summed E-state index contributed by atoms with van der Waals surface area (Å²) in [5.41, 5.74) is 0.824. The standard InChI is InChI=1S/C15H16N6O/c22-15-14-16-6-9-21(14)19-13(18-15)11-4-5-12(17-10-11)20-7-2-1-3-8-20/h4-6,9-10H,1-3,7-8H2,(H,18,19,22). The average Bonchev–Trinajstić information content (AvgIpc) is 3.05. The Hall–Kier alpha value is -2.70. The summed E-state index contributed by atoms with van der Waals surface area (Å²) in [4.78, 5) is 25.5. The second-order valence-corrected chi connectivity index (χ2v) is 5.45. The molecular weight excluding hydrogens is 280 g/mol. The number of nitrogens with one attached hydrogen (secondary N) is 1. The Labute approximate surface area is 126 Å². The zero-order valence-corrected chi connectivity index (χ0v) is 12.1. The Balaban J connectivity index is 1.68. The Morgan fingerprint density at radius 2 is 1.95 bits per heavy atom. The van der Waals surface area contributed by atoms with E-state index in [1.165, 1.54) is 23.8 Å². The number of hydrogen-bond donors (Lipinski definition) is 1. The first-order valence-corrected chi connectivity index (χ1v) is 7.46. The van der Waals surface area contributed by atoms with E-state index >= 15 is 0 Å². The number of H-pyrrole nitrogens is 1. The van der Waals surface area contributed by atoms with Crippen LogP contribution in [0, 0.1) is 0 Å². The van der Waals surface area contributed by atoms with Crippen molar-refractivity contribution in [2.24, 2.45) is 0 Å². The van der Waals surface area contributed by atoms with Gasteiger partial charge in [-0.1, -0.05) is 0 Å². The van der Waals surface area contributed by atoms with Crippen LogP contribution < -0.4 is 10.5 Å². The van der Waals surface area contributed by atoms with Crippen molar-refractivity contribution in [2.45, 2.75) is 19.3 Å². The van der Waals surface area contributed by atoms with Gasteiger partial charge in [-0.2, -0.15) is 0 Å². The SMILES string of the molecule is O=c1[nH]c(-c2ccc(N3CCCCC3)nc2)nn2ccnc12. The minimum Gasteiger partial charge on any atom is -0.357 e. The molecule has 0 amide bonds. The van der Waals surface area contributed by atoms with Crippen LogP contribution in [0.4, 0.5) is 5.82 Å². The van der Waals surface area contributed by atoms with Gasteiger partial charge in [0.25, 0.3) is 5.56 Å². The van der Waals surface area contributed by atoms with Gasteiger partial charge in [-0.25, -0.2) is 14.5 Å². The molecule has 1 saturated heterocycles. The Morgan fingerprint density at radius 3 is 2.73 bits per heavy atom. The minimum atomic E-state index is -0.255. The Morgan fingerprint density at radius 1 is 1.09 bits per heavy atom. The first-order valence-electron chi connectivity index (χ1n) is 7.46. The molecule has 0 unspecified atom stereocenters. The number of aromatic amines is 1. The van der Waals surface area contributed by atoms with Gasteiger partial charge in [-0.3, -0.25) is 4.79 Å². The summed E-state index contributed by atoms with van der Waals surface area (Å²) in [5.74, 6) is 1.47. The molecule has 0 aliphatic carbocycles. The lowest BCUT2D eigenvalue weighted by Crippen LogP contribution is -2.30. The maximum Gasteiger partial charge on any atom is 0.294 e. The zero-order chi connectivity index (χ0) is 14.9. The molecule has 0 atom stereocenters. The van der Waals surface area contributed by atoms with E-state index in [2.05, 4.69) is 25.0 Å². The summed E-state index contributed by atoms with van der Waals surface area (Å²) in [5, 5.41) is 4.35. The molecule has 1 fully saturated rings. The number of hydrogen-bond acceptors (Lipinski definition) is 5. The fraction of sp³-hybridized carbons (Fsp3) is 0.333. The van der Waals surface area contributed by atoms with Crippen molar-refractivity contribution in [3.63, 3.8) is 0 Å². The molecule has 1 N–H and O–H groups in total. The minimum absolute atomic E-state index is 0.255. The van der Waals surface area contributed by atoms with E-state index in [4.69, 9.17) is 0 Å². The molecule has 3 aromatic rings. The molecule has 0 bridgehead atoms. The van der Waals surface area contributed by atoms with Gasteiger partial charge in [-0.05, 0) is 31.4 Å². The van der Waals surface area contributed by atoms with E-state index < -0.39 is 0 Å². The third kappa shape index (κ3) is 2.24. The molecule has 22 heavy (non-hydrogen) atoms. The molecule has 4 heterocycles. The lowest BCUT2D eigenvalue weighted by Gasteiger charge is -2.27. The molecule has 4 rings (SSSR count). The number of aromatic nitrogens is 5. The van der Waals surface area contributed by atoms with Gasteiger partial charge in [-0.15, -0.1) is 5.10 Å². The maximum atomic E-state index is 11.9. The van der Waals surface area contributed by atoms with Crippen LogP contribution in [0.3, 0.4) is 0 Å². The van der Waals surface area contributed by atoms with Crippen LogP contribution in [0.15, 0.2) is 35.5 Å². The predicted molar refractivity (Wildman–Crippen MR) is 82.9 cm³/mol. The van der Waals surface area contributed by atoms with Gasteiger partial charge in [0.15, 0.2) is 5.82 Å². The largest absolute Gasteiger partial charge is 0.357 e. The van der Waals surface area contributed by atoms with Crippen LogP contribution in [0.1, 0.15) is 19.3 Å². The number of pyridine rings is 1. The maximum absolute atomic E-state index is 11.9. The van der Waals surface area contributed by atoms with E-state index in [0.717, 1.165) is 24.5 Å². The molecule has 1 aliphatic heterocycles. The first-order chi connectivity index (χ1) is 10.8. The molecule has 0 radical (unpaired) electrons. The molecule has 1 aliphatic rings. The Kier molecular flexibility index (Phi) is 3.10. The summed E-state index contributed by atoms with van der Waals surface area (Å²) in [6, 6.07) is 3.93. The van der Waals surface area contributed by atoms with Gasteiger partial charge in [0.05, 0.1) is 0 Å². The van der Waals surface area contributed by atoms with Crippen molar-refractivity contribution in [3.05, 3.63) is 41.1 Å². The second kappa shape index (κ2) is 5.25. The fourth-order valence-electron chi connectivity index (χ4n) is 2.80. The molecular formula is C15H16N6O. The lowest BCUT2D eigenvalue weighted by atomic mass is 10.1. The van der Waals surface area contributed by atoms with Crippen LogP contribution in [0.25, 0.3) is 17.0 Å². The summed E-state index contributed by atoms with van der Waals surface area (Å²) >= 11 is 0. The zero-order valence-electron chi connectivity index (χ0n) is 12.1. The highest BCUT2D eigenvalue weighted by Crippen LogP contribution is 2.20. The molecule has 7 nitrogen and oxygen atoms in total. The van der Waals surface area contributed by atoms with Gasteiger partial charge in [0.1, 0.15) is 5.82 Å². The second-order valence-electron chi connectivity index (χ2n) is 5.45. The average molecular weight is 296 g/mol. The van der Waals surface area contributed by atoms with Gasteiger partial charge in [0.2, 0.25) is 5.65 Å². The number of piperidine rings is 1. The normalized spacial score (nSPS) is 15.4. The highest BCUT2D eigenvalue weighted by molar-refractivity contribution is 5.56. The van der Waals surface area contributed by atoms with E-state index in [9.17, 15) is 4.79 Å². The van der Waals surface area contributed by atoms with E-state index in [1.807, 2.05) is 12.1 Å². The molecule has 0 spiro atoms. The number of fused-ring (bicyclic) bond motifs is 1. The van der Waals surface area contributed by atoms with E-state index in [1.54, 1.807) is 18.6 Å². The highest BCUT2D eigenvalue weighted by atomic mass is 16.1. The van der Waals surface area contributed by atoms with Crippen LogP contribution >= 0.6 is 0 Å². The molecule has 0 aromatic carbocycles. The van der Waals surface area contributed by atoms with Crippen LogP contribution in [-0.4, -0.2) is 37.7 Å².